The van der Waals surface area contributed by atoms with Crippen LogP contribution in [-0.4, -0.2) is 44.9 Å². The minimum Gasteiger partial charge on any atom is -0.497 e. The second-order valence-electron chi connectivity index (χ2n) is 5.79. The number of hydrogen-bond donors (Lipinski definition) is 0. The van der Waals surface area contributed by atoms with Crippen LogP contribution in [0.1, 0.15) is 25.1 Å². The Kier molecular flexibility index (Phi) is 3.97. The molecule has 2 aromatic heterocycles. The Hall–Kier alpha value is -1.99. The van der Waals surface area contributed by atoms with Gasteiger partial charge in [-0.2, -0.15) is 9.61 Å². The first-order valence-electron chi connectivity index (χ1n) is 7.91. The van der Waals surface area contributed by atoms with E-state index in [1.807, 2.05) is 28.8 Å². The average molecular weight is 329 g/mol. The second kappa shape index (κ2) is 6.25. The van der Waals surface area contributed by atoms with Crippen LogP contribution in [0.5, 0.6) is 5.75 Å². The van der Waals surface area contributed by atoms with E-state index in [4.69, 9.17) is 9.84 Å². The first kappa shape index (κ1) is 14.6. The number of rotatable bonds is 4. The second-order valence-corrected chi connectivity index (χ2v) is 6.74. The molecule has 3 heterocycles. The summed E-state index contributed by atoms with van der Waals surface area (Å²) in [7, 11) is 1.68. The molecule has 0 aliphatic carbocycles. The lowest BCUT2D eigenvalue weighted by Gasteiger charge is -2.25. The molecule has 0 bridgehead atoms. The Balaban J connectivity index is 1.63. The topological polar surface area (TPSA) is 55.6 Å². The van der Waals surface area contributed by atoms with Crippen LogP contribution < -0.4 is 4.74 Å². The number of methoxy groups -OCH3 is 1. The molecule has 0 saturated carbocycles. The van der Waals surface area contributed by atoms with E-state index < -0.39 is 0 Å². The fourth-order valence-corrected chi connectivity index (χ4v) is 3.80. The minimum absolute atomic E-state index is 0.822. The fraction of sp³-hybridized carbons (Fsp3) is 0.438. The summed E-state index contributed by atoms with van der Waals surface area (Å²) in [5.41, 5.74) is 1.05. The summed E-state index contributed by atoms with van der Waals surface area (Å²) in [4.78, 5) is 3.28. The number of piperidine rings is 1. The molecule has 0 radical (unpaired) electrons. The van der Waals surface area contributed by atoms with Crippen LogP contribution in [0, 0.1) is 0 Å². The lowest BCUT2D eigenvalue weighted by atomic mass is 10.1. The van der Waals surface area contributed by atoms with Crippen molar-refractivity contribution in [2.75, 3.05) is 20.2 Å². The van der Waals surface area contributed by atoms with Gasteiger partial charge in [0.1, 0.15) is 10.8 Å². The molecular formula is C16H19N5OS. The van der Waals surface area contributed by atoms with E-state index in [9.17, 15) is 0 Å². The predicted molar refractivity (Wildman–Crippen MR) is 89.8 cm³/mol. The first-order valence-corrected chi connectivity index (χ1v) is 8.73. The molecule has 1 aliphatic rings. The van der Waals surface area contributed by atoms with Gasteiger partial charge in [-0.1, -0.05) is 29.9 Å². The van der Waals surface area contributed by atoms with E-state index in [-0.39, 0.29) is 0 Å². The smallest absolute Gasteiger partial charge is 0.235 e. The molecule has 4 rings (SSSR count). The van der Waals surface area contributed by atoms with Gasteiger partial charge in [0.05, 0.1) is 13.7 Å². The maximum Gasteiger partial charge on any atom is 0.235 e. The van der Waals surface area contributed by atoms with E-state index >= 15 is 0 Å². The zero-order valence-corrected chi connectivity index (χ0v) is 13.9. The fourth-order valence-electron chi connectivity index (χ4n) is 2.95. The summed E-state index contributed by atoms with van der Waals surface area (Å²) < 4.78 is 7.17. The van der Waals surface area contributed by atoms with E-state index in [1.54, 1.807) is 18.4 Å². The molecule has 1 fully saturated rings. The van der Waals surface area contributed by atoms with Gasteiger partial charge in [-0.05, 0) is 38.1 Å². The normalized spacial score (nSPS) is 16.0. The highest BCUT2D eigenvalue weighted by Gasteiger charge is 2.17. The maximum atomic E-state index is 5.29. The van der Waals surface area contributed by atoms with Crippen molar-refractivity contribution in [1.29, 1.82) is 0 Å². The lowest BCUT2D eigenvalue weighted by molar-refractivity contribution is 0.214. The van der Waals surface area contributed by atoms with Crippen molar-refractivity contribution in [3.05, 3.63) is 30.1 Å². The number of ether oxygens (including phenoxy) is 1. The Labute approximate surface area is 138 Å². The van der Waals surface area contributed by atoms with Crippen molar-refractivity contribution in [2.24, 2.45) is 0 Å². The van der Waals surface area contributed by atoms with Crippen LogP contribution in [0.2, 0.25) is 0 Å². The van der Waals surface area contributed by atoms with Crippen LogP contribution in [0.15, 0.2) is 24.3 Å². The van der Waals surface area contributed by atoms with Gasteiger partial charge >= 0.3 is 0 Å². The predicted octanol–water partition coefficient (Wildman–Crippen LogP) is 2.85. The average Bonchev–Trinajstić information content (AvgIpc) is 3.18. The van der Waals surface area contributed by atoms with Gasteiger partial charge in [-0.15, -0.1) is 10.2 Å². The van der Waals surface area contributed by atoms with Gasteiger partial charge in [0.2, 0.25) is 4.96 Å². The molecule has 0 amide bonds. The van der Waals surface area contributed by atoms with Gasteiger partial charge in [-0.25, -0.2) is 0 Å². The largest absolute Gasteiger partial charge is 0.497 e. The van der Waals surface area contributed by atoms with Gasteiger partial charge in [0.25, 0.3) is 0 Å². The summed E-state index contributed by atoms with van der Waals surface area (Å²) in [5.74, 6) is 1.76. The lowest BCUT2D eigenvalue weighted by Crippen LogP contribution is -2.30. The van der Waals surface area contributed by atoms with Crippen molar-refractivity contribution in [3.63, 3.8) is 0 Å². The molecule has 3 aromatic rings. The highest BCUT2D eigenvalue weighted by atomic mass is 32.1. The van der Waals surface area contributed by atoms with Crippen molar-refractivity contribution in [3.8, 4) is 16.3 Å². The number of fused-ring (bicyclic) bond motifs is 1. The van der Waals surface area contributed by atoms with Crippen LogP contribution in [0.3, 0.4) is 0 Å². The molecule has 0 N–H and O–H groups in total. The van der Waals surface area contributed by atoms with Crippen molar-refractivity contribution in [2.45, 2.75) is 25.8 Å². The first-order chi connectivity index (χ1) is 11.3. The maximum absolute atomic E-state index is 5.29. The van der Waals surface area contributed by atoms with Crippen LogP contribution in [0.4, 0.5) is 0 Å². The van der Waals surface area contributed by atoms with Crippen molar-refractivity contribution >= 4 is 16.3 Å². The molecule has 7 heteroatoms. The molecule has 120 valence electrons. The van der Waals surface area contributed by atoms with Gasteiger partial charge < -0.3 is 4.74 Å². The Morgan fingerprint density at radius 3 is 2.87 bits per heavy atom. The standard InChI is InChI=1S/C16H19N5OS/c1-22-13-7-5-6-12(10-13)15-19-21-14(17-18-16(21)23-15)11-20-8-3-2-4-9-20/h5-7,10H,2-4,8-9,11H2,1H3. The SMILES string of the molecule is COc1cccc(-c2nn3c(CN4CCCCC4)nnc3s2)c1. The summed E-state index contributed by atoms with van der Waals surface area (Å²) in [6.07, 6.45) is 3.88. The molecule has 1 saturated heterocycles. The van der Waals surface area contributed by atoms with E-state index in [1.165, 1.54) is 19.3 Å². The van der Waals surface area contributed by atoms with E-state index in [2.05, 4.69) is 15.1 Å². The highest BCUT2D eigenvalue weighted by Crippen LogP contribution is 2.28. The Bertz CT molecular complexity index is 806. The molecule has 0 unspecified atom stereocenters. The van der Waals surface area contributed by atoms with E-state index in [0.29, 0.717) is 0 Å². The summed E-state index contributed by atoms with van der Waals surface area (Å²) in [5, 5.41) is 14.2. The minimum atomic E-state index is 0.822. The summed E-state index contributed by atoms with van der Waals surface area (Å²) in [6, 6.07) is 7.95. The zero-order chi connectivity index (χ0) is 15.6. The summed E-state index contributed by atoms with van der Waals surface area (Å²) in [6.45, 7) is 3.10. The Morgan fingerprint density at radius 1 is 1.17 bits per heavy atom. The highest BCUT2D eigenvalue weighted by molar-refractivity contribution is 7.19. The van der Waals surface area contributed by atoms with Crippen molar-refractivity contribution in [1.82, 2.24) is 24.7 Å². The third-order valence-corrected chi connectivity index (χ3v) is 5.13. The molecule has 23 heavy (non-hydrogen) atoms. The molecular weight excluding hydrogens is 310 g/mol. The number of likely N-dealkylation sites (tertiary alicyclic amines) is 1. The zero-order valence-electron chi connectivity index (χ0n) is 13.1. The van der Waals surface area contributed by atoms with Gasteiger partial charge in [0.15, 0.2) is 5.82 Å². The van der Waals surface area contributed by atoms with Gasteiger partial charge in [0, 0.05) is 5.56 Å². The molecule has 0 atom stereocenters. The third kappa shape index (κ3) is 2.94. The van der Waals surface area contributed by atoms with Crippen LogP contribution in [0.25, 0.3) is 15.5 Å². The van der Waals surface area contributed by atoms with Crippen molar-refractivity contribution < 1.29 is 4.74 Å². The van der Waals surface area contributed by atoms with E-state index in [0.717, 1.165) is 46.7 Å². The number of hydrogen-bond acceptors (Lipinski definition) is 6. The molecule has 0 spiro atoms. The Morgan fingerprint density at radius 2 is 2.04 bits per heavy atom. The number of nitrogens with zero attached hydrogens (tertiary/aromatic N) is 5. The molecule has 6 nitrogen and oxygen atoms in total. The molecule has 1 aliphatic heterocycles. The van der Waals surface area contributed by atoms with Crippen LogP contribution >= 0.6 is 11.3 Å². The molecule has 1 aromatic carbocycles. The van der Waals surface area contributed by atoms with Crippen LogP contribution in [-0.2, 0) is 6.54 Å². The number of aromatic nitrogens is 4. The van der Waals surface area contributed by atoms with Gasteiger partial charge in [-0.3, -0.25) is 4.90 Å². The summed E-state index contributed by atoms with van der Waals surface area (Å²) >= 11 is 1.56. The number of benzene rings is 1. The quantitative estimate of drug-likeness (QED) is 0.737. The third-order valence-electron chi connectivity index (χ3n) is 4.19. The monoisotopic (exact) mass is 329 g/mol.